The Morgan fingerprint density at radius 3 is 2.44 bits per heavy atom. The number of benzene rings is 1. The second-order valence-electron chi connectivity index (χ2n) is 5.43. The predicted molar refractivity (Wildman–Crippen MR) is 92.9 cm³/mol. The van der Waals surface area contributed by atoms with E-state index in [0.717, 1.165) is 7.11 Å². The number of amides is 1. The monoisotopic (exact) mass is 390 g/mol. The van der Waals surface area contributed by atoms with Gasteiger partial charge in [0.25, 0.3) is 15.9 Å². The lowest BCUT2D eigenvalue weighted by Gasteiger charge is -2.23. The molecule has 27 heavy (non-hydrogen) atoms. The Kier molecular flexibility index (Phi) is 4.58. The maximum absolute atomic E-state index is 12.4. The average molecular weight is 390 g/mol. The molecule has 0 fully saturated rings. The van der Waals surface area contributed by atoms with Crippen molar-refractivity contribution in [2.24, 2.45) is 0 Å². The minimum Gasteiger partial charge on any atom is -0.465 e. The van der Waals surface area contributed by atoms with E-state index >= 15 is 0 Å². The summed E-state index contributed by atoms with van der Waals surface area (Å²) < 4.78 is 35.2. The number of nitrogens with zero attached hydrogens (tertiary/aromatic N) is 1. The van der Waals surface area contributed by atoms with Crippen LogP contribution >= 0.6 is 0 Å². The van der Waals surface area contributed by atoms with Crippen molar-refractivity contribution in [2.45, 2.75) is 4.90 Å². The number of methoxy groups -OCH3 is 2. The van der Waals surface area contributed by atoms with Gasteiger partial charge in [0.1, 0.15) is 10.6 Å². The zero-order valence-electron chi connectivity index (χ0n) is 14.3. The summed E-state index contributed by atoms with van der Waals surface area (Å²) in [6, 6.07) is 3.96. The van der Waals surface area contributed by atoms with Crippen molar-refractivity contribution in [1.29, 1.82) is 0 Å². The molecule has 9 nitrogen and oxygen atoms in total. The van der Waals surface area contributed by atoms with Crippen molar-refractivity contribution >= 4 is 33.6 Å². The van der Waals surface area contributed by atoms with E-state index in [1.807, 2.05) is 4.72 Å². The van der Waals surface area contributed by atoms with Gasteiger partial charge in [-0.25, -0.2) is 22.7 Å². The summed E-state index contributed by atoms with van der Waals surface area (Å²) >= 11 is 0. The molecule has 0 saturated heterocycles. The second kappa shape index (κ2) is 6.72. The minimum atomic E-state index is -3.90. The van der Waals surface area contributed by atoms with E-state index in [9.17, 15) is 22.8 Å². The Morgan fingerprint density at radius 2 is 1.78 bits per heavy atom. The Balaban J connectivity index is 2.20. The van der Waals surface area contributed by atoms with Crippen LogP contribution in [-0.4, -0.2) is 40.5 Å². The summed E-state index contributed by atoms with van der Waals surface area (Å²) in [5.74, 6) is -2.36. The molecule has 1 N–H and O–H groups in total. The lowest BCUT2D eigenvalue weighted by molar-refractivity contribution is -0.139. The number of allylic oxidation sites excluding steroid dienone is 2. The number of esters is 2. The smallest absolute Gasteiger partial charge is 0.355 e. The highest BCUT2D eigenvalue weighted by molar-refractivity contribution is 7.90. The number of nitrogens with one attached hydrogen (secondary N) is 1. The van der Waals surface area contributed by atoms with Crippen LogP contribution in [0.1, 0.15) is 10.4 Å². The number of carbonyl (C=O) groups excluding carboxylic acids is 3. The van der Waals surface area contributed by atoms with Crippen molar-refractivity contribution in [1.82, 2.24) is 4.72 Å². The third-order valence-corrected chi connectivity index (χ3v) is 5.28. The molecule has 1 aromatic carbocycles. The standard InChI is InChI=1S/C17H14N2O7S/c1-25-16(21)11-5-3-4-8-19(14(11)17(22)26-2)10-6-7-13-12(9-10)15(20)18-27(13,23)24/h3-9H,1-2H3,(H,18,20). The van der Waals surface area contributed by atoms with Crippen molar-refractivity contribution in [3.63, 3.8) is 0 Å². The van der Waals surface area contributed by atoms with Crippen molar-refractivity contribution in [3.8, 4) is 0 Å². The summed E-state index contributed by atoms with van der Waals surface area (Å²) in [6.45, 7) is 0. The number of anilines is 1. The molecular weight excluding hydrogens is 376 g/mol. The minimum absolute atomic E-state index is 0.0630. The lowest BCUT2D eigenvalue weighted by atomic mass is 10.1. The number of carbonyl (C=O) groups is 3. The van der Waals surface area contributed by atoms with Crippen LogP contribution in [-0.2, 0) is 29.1 Å². The maximum atomic E-state index is 12.4. The van der Waals surface area contributed by atoms with E-state index in [-0.39, 0.29) is 27.4 Å². The summed E-state index contributed by atoms with van der Waals surface area (Å²) in [5.41, 5.74) is 0.00665. The summed E-state index contributed by atoms with van der Waals surface area (Å²) in [6.07, 6.45) is 5.95. The molecule has 2 aliphatic heterocycles. The van der Waals surface area contributed by atoms with E-state index < -0.39 is 27.9 Å². The summed E-state index contributed by atoms with van der Waals surface area (Å²) in [4.78, 5) is 37.6. The number of rotatable bonds is 3. The Hall–Kier alpha value is -3.40. The number of fused-ring (bicyclic) bond motifs is 1. The van der Waals surface area contributed by atoms with Gasteiger partial charge in [-0.05, 0) is 30.4 Å². The predicted octanol–water partition coefficient (Wildman–Crippen LogP) is 0.609. The van der Waals surface area contributed by atoms with Crippen LogP contribution in [0.3, 0.4) is 0 Å². The second-order valence-corrected chi connectivity index (χ2v) is 7.08. The van der Waals surface area contributed by atoms with Crippen molar-refractivity contribution in [2.75, 3.05) is 19.1 Å². The third-order valence-electron chi connectivity index (χ3n) is 3.89. The zero-order valence-corrected chi connectivity index (χ0v) is 15.1. The van der Waals surface area contributed by atoms with Crippen LogP contribution < -0.4 is 9.62 Å². The normalized spacial score (nSPS) is 17.3. The van der Waals surface area contributed by atoms with Crippen LogP contribution in [0.25, 0.3) is 0 Å². The SMILES string of the molecule is COC(=O)C1=C(C(=O)OC)N(c2ccc3c(c2)C(=O)NS3(=O)=O)C=CC=C1. The largest absolute Gasteiger partial charge is 0.465 e. The Bertz CT molecular complexity index is 1050. The van der Waals surface area contributed by atoms with E-state index in [1.54, 1.807) is 6.08 Å². The first-order valence-electron chi connectivity index (χ1n) is 7.56. The number of ether oxygens (including phenoxy) is 2. The topological polar surface area (TPSA) is 119 Å². The molecule has 0 aliphatic carbocycles. The summed E-state index contributed by atoms with van der Waals surface area (Å²) in [5, 5.41) is 0. The van der Waals surface area contributed by atoms with Crippen LogP contribution in [0, 0.1) is 0 Å². The highest BCUT2D eigenvalue weighted by atomic mass is 32.2. The van der Waals surface area contributed by atoms with Gasteiger partial charge in [0.05, 0.1) is 25.4 Å². The van der Waals surface area contributed by atoms with Gasteiger partial charge in [0.2, 0.25) is 0 Å². The molecule has 0 spiro atoms. The van der Waals surface area contributed by atoms with Crippen LogP contribution in [0.4, 0.5) is 5.69 Å². The number of sulfonamides is 1. The van der Waals surface area contributed by atoms with Gasteiger partial charge in [-0.1, -0.05) is 6.08 Å². The van der Waals surface area contributed by atoms with Crippen LogP contribution in [0.5, 0.6) is 0 Å². The van der Waals surface area contributed by atoms with Gasteiger partial charge < -0.3 is 14.4 Å². The fraction of sp³-hybridized carbons (Fsp3) is 0.118. The fourth-order valence-corrected chi connectivity index (χ4v) is 3.83. The molecule has 1 amide bonds. The van der Waals surface area contributed by atoms with E-state index in [0.29, 0.717) is 0 Å². The van der Waals surface area contributed by atoms with E-state index in [2.05, 4.69) is 0 Å². The number of hydrogen-bond donors (Lipinski definition) is 1. The van der Waals surface area contributed by atoms with E-state index in [1.165, 1.54) is 48.6 Å². The van der Waals surface area contributed by atoms with Crippen molar-refractivity contribution in [3.05, 3.63) is 59.5 Å². The third kappa shape index (κ3) is 3.10. The molecule has 0 bridgehead atoms. The first-order valence-corrected chi connectivity index (χ1v) is 9.04. The van der Waals surface area contributed by atoms with Gasteiger partial charge in [0.15, 0.2) is 0 Å². The molecule has 2 heterocycles. The quantitative estimate of drug-likeness (QED) is 0.746. The first kappa shape index (κ1) is 18.4. The Labute approximate surface area is 154 Å². The molecule has 2 aliphatic rings. The highest BCUT2D eigenvalue weighted by Gasteiger charge is 2.34. The van der Waals surface area contributed by atoms with Crippen LogP contribution in [0.2, 0.25) is 0 Å². The lowest BCUT2D eigenvalue weighted by Crippen LogP contribution is -2.27. The fourth-order valence-electron chi connectivity index (χ4n) is 2.68. The van der Waals surface area contributed by atoms with Crippen molar-refractivity contribution < 1.29 is 32.3 Å². The molecule has 0 unspecified atom stereocenters. The molecular formula is C17H14N2O7S. The van der Waals surface area contributed by atoms with Gasteiger partial charge >= 0.3 is 11.9 Å². The number of hydrogen-bond acceptors (Lipinski definition) is 8. The summed E-state index contributed by atoms with van der Waals surface area (Å²) in [7, 11) is -1.57. The van der Waals surface area contributed by atoms with E-state index in [4.69, 9.17) is 9.47 Å². The molecule has 10 heteroatoms. The molecule has 140 valence electrons. The molecule has 1 aromatic rings. The van der Waals surface area contributed by atoms with Gasteiger partial charge in [0, 0.05) is 11.9 Å². The zero-order chi connectivity index (χ0) is 19.8. The highest BCUT2D eigenvalue weighted by Crippen LogP contribution is 2.31. The maximum Gasteiger partial charge on any atom is 0.355 e. The van der Waals surface area contributed by atoms with Gasteiger partial charge in [-0.2, -0.15) is 0 Å². The Morgan fingerprint density at radius 1 is 1.07 bits per heavy atom. The molecule has 3 rings (SSSR count). The first-order chi connectivity index (χ1) is 12.8. The van der Waals surface area contributed by atoms with Gasteiger partial charge in [-0.3, -0.25) is 4.79 Å². The molecule has 0 atom stereocenters. The molecule has 0 radical (unpaired) electrons. The average Bonchev–Trinajstić information content (AvgIpc) is 2.81. The van der Waals surface area contributed by atoms with Gasteiger partial charge in [-0.15, -0.1) is 0 Å². The molecule has 0 aromatic heterocycles. The molecule has 0 saturated carbocycles. The van der Waals surface area contributed by atoms with Crippen LogP contribution in [0.15, 0.2) is 58.8 Å².